The molecule has 0 unspecified atom stereocenters. The highest BCUT2D eigenvalue weighted by molar-refractivity contribution is 7.80. The zero-order valence-electron chi connectivity index (χ0n) is 9.67. The van der Waals surface area contributed by atoms with E-state index in [2.05, 4.69) is 12.6 Å². The van der Waals surface area contributed by atoms with E-state index in [0.717, 1.165) is 11.1 Å². The third kappa shape index (κ3) is 1.53. The highest BCUT2D eigenvalue weighted by Crippen LogP contribution is 2.40. The standard InChI is InChI=1S/C14H13NO2S/c16-13-9-5-1-2-6-10(9)14(17)15(13)11-7-3-4-8-12(11)18/h1-4,7-8,16-18H,5-6H2. The molecule has 0 amide bonds. The largest absolute Gasteiger partial charge is 0.494 e. The molecule has 1 aliphatic carbocycles. The Balaban J connectivity index is 2.26. The molecule has 92 valence electrons. The maximum Gasteiger partial charge on any atom is 0.202 e. The minimum Gasteiger partial charge on any atom is -0.494 e. The Morgan fingerprint density at radius 3 is 2.06 bits per heavy atom. The van der Waals surface area contributed by atoms with Crippen molar-refractivity contribution in [3.63, 3.8) is 0 Å². The Bertz CT molecular complexity index is 612. The smallest absolute Gasteiger partial charge is 0.202 e. The molecule has 1 aromatic carbocycles. The summed E-state index contributed by atoms with van der Waals surface area (Å²) in [6.45, 7) is 0. The van der Waals surface area contributed by atoms with E-state index in [4.69, 9.17) is 0 Å². The number of hydrogen-bond acceptors (Lipinski definition) is 3. The Hall–Kier alpha value is -1.81. The fourth-order valence-electron chi connectivity index (χ4n) is 2.35. The van der Waals surface area contributed by atoms with E-state index in [1.165, 1.54) is 4.57 Å². The van der Waals surface area contributed by atoms with Crippen molar-refractivity contribution in [2.75, 3.05) is 0 Å². The number of thiol groups is 1. The molecule has 0 saturated carbocycles. The minimum atomic E-state index is 0.105. The van der Waals surface area contributed by atoms with Gasteiger partial charge in [-0.25, -0.2) is 4.57 Å². The van der Waals surface area contributed by atoms with Gasteiger partial charge in [-0.05, 0) is 25.0 Å². The van der Waals surface area contributed by atoms with Gasteiger partial charge in [0.1, 0.15) is 0 Å². The molecule has 0 radical (unpaired) electrons. The summed E-state index contributed by atoms with van der Waals surface area (Å²) in [5.74, 6) is 0.210. The van der Waals surface area contributed by atoms with Crippen LogP contribution < -0.4 is 0 Å². The van der Waals surface area contributed by atoms with Crippen LogP contribution in [0.15, 0.2) is 41.3 Å². The quantitative estimate of drug-likeness (QED) is 0.544. The van der Waals surface area contributed by atoms with Gasteiger partial charge in [0.15, 0.2) is 0 Å². The highest BCUT2D eigenvalue weighted by atomic mass is 32.1. The lowest BCUT2D eigenvalue weighted by atomic mass is 10.0. The van der Waals surface area contributed by atoms with Crippen molar-refractivity contribution in [1.82, 2.24) is 4.57 Å². The first-order chi connectivity index (χ1) is 8.70. The van der Waals surface area contributed by atoms with Gasteiger partial charge < -0.3 is 10.2 Å². The molecule has 3 rings (SSSR count). The Labute approximate surface area is 110 Å². The normalized spacial score (nSPS) is 13.6. The number of benzene rings is 1. The van der Waals surface area contributed by atoms with Crippen molar-refractivity contribution in [2.45, 2.75) is 17.7 Å². The van der Waals surface area contributed by atoms with E-state index in [0.29, 0.717) is 23.4 Å². The highest BCUT2D eigenvalue weighted by Gasteiger charge is 2.23. The number of allylic oxidation sites excluding steroid dienone is 2. The van der Waals surface area contributed by atoms with Crippen LogP contribution in [0.3, 0.4) is 0 Å². The summed E-state index contributed by atoms with van der Waals surface area (Å²) >= 11 is 4.36. The van der Waals surface area contributed by atoms with Crippen LogP contribution in [-0.4, -0.2) is 14.8 Å². The summed E-state index contributed by atoms with van der Waals surface area (Å²) in [7, 11) is 0. The summed E-state index contributed by atoms with van der Waals surface area (Å²) in [6.07, 6.45) is 5.30. The molecule has 1 heterocycles. The number of hydrogen-bond donors (Lipinski definition) is 3. The lowest BCUT2D eigenvalue weighted by molar-refractivity contribution is 0.399. The SMILES string of the molecule is Oc1c2c(c(O)n1-c1ccccc1S)CC=CC2. The topological polar surface area (TPSA) is 45.4 Å². The molecule has 0 saturated heterocycles. The predicted molar refractivity (Wildman–Crippen MR) is 72.9 cm³/mol. The molecule has 0 bridgehead atoms. The monoisotopic (exact) mass is 259 g/mol. The van der Waals surface area contributed by atoms with Gasteiger partial charge in [0, 0.05) is 16.0 Å². The van der Waals surface area contributed by atoms with Gasteiger partial charge in [-0.15, -0.1) is 12.6 Å². The van der Waals surface area contributed by atoms with Crippen LogP contribution in [0.1, 0.15) is 11.1 Å². The fourth-order valence-corrected chi connectivity index (χ4v) is 2.61. The molecule has 0 fully saturated rings. The number of para-hydroxylation sites is 1. The Morgan fingerprint density at radius 1 is 0.944 bits per heavy atom. The predicted octanol–water partition coefficient (Wildman–Crippen LogP) is 2.83. The van der Waals surface area contributed by atoms with Gasteiger partial charge in [-0.3, -0.25) is 0 Å². The molecule has 0 atom stereocenters. The zero-order chi connectivity index (χ0) is 12.7. The Kier molecular flexibility index (Phi) is 2.59. The van der Waals surface area contributed by atoms with Gasteiger partial charge in [-0.1, -0.05) is 24.3 Å². The van der Waals surface area contributed by atoms with Crippen LogP contribution in [0.4, 0.5) is 0 Å². The zero-order valence-corrected chi connectivity index (χ0v) is 10.6. The Morgan fingerprint density at radius 2 is 1.50 bits per heavy atom. The molecule has 0 aliphatic heterocycles. The van der Waals surface area contributed by atoms with Crippen molar-refractivity contribution in [3.8, 4) is 17.4 Å². The lowest BCUT2D eigenvalue weighted by Crippen LogP contribution is -1.94. The first-order valence-electron chi connectivity index (χ1n) is 5.78. The van der Waals surface area contributed by atoms with Crippen molar-refractivity contribution in [2.24, 2.45) is 0 Å². The van der Waals surface area contributed by atoms with Crippen LogP contribution in [0.5, 0.6) is 11.8 Å². The second kappa shape index (κ2) is 4.14. The van der Waals surface area contributed by atoms with Crippen LogP contribution in [-0.2, 0) is 12.8 Å². The summed E-state index contributed by atoms with van der Waals surface area (Å²) < 4.78 is 1.46. The van der Waals surface area contributed by atoms with Crippen LogP contribution in [0.25, 0.3) is 5.69 Å². The van der Waals surface area contributed by atoms with Crippen molar-refractivity contribution in [1.29, 1.82) is 0 Å². The molecule has 3 nitrogen and oxygen atoms in total. The van der Waals surface area contributed by atoms with E-state index >= 15 is 0 Å². The first kappa shape index (κ1) is 11.3. The minimum absolute atomic E-state index is 0.105. The van der Waals surface area contributed by atoms with E-state index in [9.17, 15) is 10.2 Å². The molecular formula is C14H13NO2S. The molecule has 1 aromatic heterocycles. The van der Waals surface area contributed by atoms with E-state index in [1.807, 2.05) is 36.4 Å². The molecule has 2 N–H and O–H groups in total. The van der Waals surface area contributed by atoms with E-state index in [1.54, 1.807) is 0 Å². The average Bonchev–Trinajstić information content (AvgIpc) is 2.64. The average molecular weight is 259 g/mol. The number of fused-ring (bicyclic) bond motifs is 1. The summed E-state index contributed by atoms with van der Waals surface area (Å²) in [5, 5.41) is 20.5. The number of rotatable bonds is 1. The first-order valence-corrected chi connectivity index (χ1v) is 6.22. The van der Waals surface area contributed by atoms with Crippen LogP contribution in [0.2, 0.25) is 0 Å². The number of aromatic nitrogens is 1. The molecule has 4 heteroatoms. The third-order valence-corrected chi connectivity index (χ3v) is 3.64. The van der Waals surface area contributed by atoms with Crippen LogP contribution in [0, 0.1) is 0 Å². The van der Waals surface area contributed by atoms with Gasteiger partial charge in [0.2, 0.25) is 11.8 Å². The van der Waals surface area contributed by atoms with E-state index in [-0.39, 0.29) is 11.8 Å². The second-order valence-electron chi connectivity index (χ2n) is 4.31. The van der Waals surface area contributed by atoms with Gasteiger partial charge in [-0.2, -0.15) is 0 Å². The van der Waals surface area contributed by atoms with Crippen LogP contribution >= 0.6 is 12.6 Å². The van der Waals surface area contributed by atoms with Gasteiger partial charge >= 0.3 is 0 Å². The summed E-state index contributed by atoms with van der Waals surface area (Å²) in [5.41, 5.74) is 2.28. The van der Waals surface area contributed by atoms with E-state index < -0.39 is 0 Å². The van der Waals surface area contributed by atoms with Gasteiger partial charge in [0.05, 0.1) is 5.69 Å². The molecule has 1 aliphatic rings. The lowest BCUT2D eigenvalue weighted by Gasteiger charge is -2.09. The number of nitrogens with zero attached hydrogens (tertiary/aromatic N) is 1. The van der Waals surface area contributed by atoms with Gasteiger partial charge in [0.25, 0.3) is 0 Å². The fraction of sp³-hybridized carbons (Fsp3) is 0.143. The maximum atomic E-state index is 10.3. The van der Waals surface area contributed by atoms with Crippen molar-refractivity contribution < 1.29 is 10.2 Å². The summed E-state index contributed by atoms with van der Waals surface area (Å²) in [6, 6.07) is 7.37. The molecule has 2 aromatic rings. The molecule has 0 spiro atoms. The number of aromatic hydroxyl groups is 2. The summed E-state index contributed by atoms with van der Waals surface area (Å²) in [4.78, 5) is 0.711. The third-order valence-electron chi connectivity index (χ3n) is 3.26. The van der Waals surface area contributed by atoms with Crippen molar-refractivity contribution in [3.05, 3.63) is 47.5 Å². The maximum absolute atomic E-state index is 10.3. The second-order valence-corrected chi connectivity index (χ2v) is 4.79. The van der Waals surface area contributed by atoms with Crippen molar-refractivity contribution >= 4 is 12.6 Å². The molecular weight excluding hydrogens is 246 g/mol. The molecule has 18 heavy (non-hydrogen) atoms.